The molecule has 88 valence electrons. The number of carbonyl (C=O) groups is 1. The Morgan fingerprint density at radius 2 is 2.50 bits per heavy atom. The summed E-state index contributed by atoms with van der Waals surface area (Å²) in [5.41, 5.74) is 0. The van der Waals surface area contributed by atoms with Gasteiger partial charge in [0.25, 0.3) is 0 Å². The summed E-state index contributed by atoms with van der Waals surface area (Å²) in [5.74, 6) is -0.156. The lowest BCUT2D eigenvalue weighted by atomic mass is 10.1. The van der Waals surface area contributed by atoms with Gasteiger partial charge in [-0.3, -0.25) is 4.79 Å². The molecule has 0 aliphatic carbocycles. The smallest absolute Gasteiger partial charge is 0.311 e. The van der Waals surface area contributed by atoms with E-state index >= 15 is 0 Å². The zero-order valence-electron chi connectivity index (χ0n) is 9.19. The third-order valence-electron chi connectivity index (χ3n) is 2.60. The van der Waals surface area contributed by atoms with E-state index in [1.165, 1.54) is 6.42 Å². The maximum absolute atomic E-state index is 11.5. The highest BCUT2D eigenvalue weighted by Gasteiger charge is 2.16. The molecule has 1 saturated heterocycles. The van der Waals surface area contributed by atoms with Crippen molar-refractivity contribution in [3.05, 3.63) is 22.4 Å². The van der Waals surface area contributed by atoms with Crippen LogP contribution in [0.5, 0.6) is 0 Å². The van der Waals surface area contributed by atoms with Crippen LogP contribution in [0.2, 0.25) is 0 Å². The number of carbonyl (C=O) groups excluding carboxylic acids is 1. The Labute approximate surface area is 99.4 Å². The Balaban J connectivity index is 1.67. The fourth-order valence-electron chi connectivity index (χ4n) is 1.73. The van der Waals surface area contributed by atoms with Crippen molar-refractivity contribution in [3.63, 3.8) is 0 Å². The normalized spacial score (nSPS) is 20.6. The van der Waals surface area contributed by atoms with Crippen LogP contribution in [0.25, 0.3) is 0 Å². The van der Waals surface area contributed by atoms with Crippen LogP contribution < -0.4 is 0 Å². The summed E-state index contributed by atoms with van der Waals surface area (Å²) in [6.45, 7) is 1.21. The van der Waals surface area contributed by atoms with E-state index in [-0.39, 0.29) is 12.1 Å². The van der Waals surface area contributed by atoms with E-state index in [9.17, 15) is 4.79 Å². The van der Waals surface area contributed by atoms with Gasteiger partial charge in [0.1, 0.15) is 6.61 Å². The number of esters is 1. The number of rotatable bonds is 4. The van der Waals surface area contributed by atoms with Gasteiger partial charge in [0.15, 0.2) is 0 Å². The Kier molecular flexibility index (Phi) is 4.36. The maximum Gasteiger partial charge on any atom is 0.311 e. The monoisotopic (exact) mass is 240 g/mol. The van der Waals surface area contributed by atoms with E-state index in [4.69, 9.17) is 9.47 Å². The van der Waals surface area contributed by atoms with Crippen LogP contribution in [0.15, 0.2) is 17.5 Å². The van der Waals surface area contributed by atoms with Crippen molar-refractivity contribution >= 4 is 17.3 Å². The molecular weight excluding hydrogens is 224 g/mol. The first-order valence-corrected chi connectivity index (χ1v) is 6.52. The van der Waals surface area contributed by atoms with Gasteiger partial charge in [0.05, 0.1) is 12.5 Å². The minimum Gasteiger partial charge on any atom is -0.463 e. The number of ether oxygens (including phenoxy) is 2. The lowest BCUT2D eigenvalue weighted by molar-refractivity contribution is -0.148. The van der Waals surface area contributed by atoms with Crippen LogP contribution >= 0.6 is 11.3 Å². The second-order valence-electron chi connectivity index (χ2n) is 3.93. The van der Waals surface area contributed by atoms with Gasteiger partial charge in [-0.1, -0.05) is 6.07 Å². The van der Waals surface area contributed by atoms with E-state index < -0.39 is 0 Å². The van der Waals surface area contributed by atoms with Crippen molar-refractivity contribution in [2.45, 2.75) is 31.8 Å². The molecule has 0 radical (unpaired) electrons. The van der Waals surface area contributed by atoms with Gasteiger partial charge in [-0.25, -0.2) is 0 Å². The molecule has 1 aliphatic rings. The van der Waals surface area contributed by atoms with E-state index in [2.05, 4.69) is 0 Å². The molecule has 0 saturated carbocycles. The predicted molar refractivity (Wildman–Crippen MR) is 62.6 cm³/mol. The topological polar surface area (TPSA) is 35.5 Å². The summed E-state index contributed by atoms with van der Waals surface area (Å²) >= 11 is 1.58. The quantitative estimate of drug-likeness (QED) is 0.758. The molecule has 16 heavy (non-hydrogen) atoms. The molecule has 1 aromatic heterocycles. The van der Waals surface area contributed by atoms with Crippen molar-refractivity contribution in [1.82, 2.24) is 0 Å². The average molecular weight is 240 g/mol. The molecule has 0 aromatic carbocycles. The van der Waals surface area contributed by atoms with Crippen LogP contribution in [0, 0.1) is 0 Å². The molecule has 0 N–H and O–H groups in total. The summed E-state index contributed by atoms with van der Waals surface area (Å²) in [5, 5.41) is 1.97. The highest BCUT2D eigenvalue weighted by molar-refractivity contribution is 7.10. The highest BCUT2D eigenvalue weighted by Crippen LogP contribution is 2.14. The predicted octanol–water partition coefficient (Wildman–Crippen LogP) is 2.40. The molecule has 1 fully saturated rings. The SMILES string of the molecule is O=C(Cc1cccs1)OCC1CCCCO1. The van der Waals surface area contributed by atoms with Crippen molar-refractivity contribution < 1.29 is 14.3 Å². The Bertz CT molecular complexity index is 315. The largest absolute Gasteiger partial charge is 0.463 e. The minimum absolute atomic E-state index is 0.112. The lowest BCUT2D eigenvalue weighted by Gasteiger charge is -2.21. The van der Waals surface area contributed by atoms with Crippen LogP contribution in [-0.4, -0.2) is 25.3 Å². The van der Waals surface area contributed by atoms with Gasteiger partial charge in [0.2, 0.25) is 0 Å². The zero-order chi connectivity index (χ0) is 11.2. The van der Waals surface area contributed by atoms with Gasteiger partial charge in [-0.2, -0.15) is 0 Å². The van der Waals surface area contributed by atoms with Crippen molar-refractivity contribution in [2.24, 2.45) is 0 Å². The Hall–Kier alpha value is -0.870. The van der Waals surface area contributed by atoms with E-state index in [1.807, 2.05) is 17.5 Å². The Morgan fingerprint density at radius 1 is 1.56 bits per heavy atom. The second-order valence-corrected chi connectivity index (χ2v) is 4.96. The fourth-order valence-corrected chi connectivity index (χ4v) is 2.42. The molecule has 2 rings (SSSR count). The molecule has 0 amide bonds. The first kappa shape index (κ1) is 11.6. The third kappa shape index (κ3) is 3.61. The van der Waals surface area contributed by atoms with Crippen LogP contribution in [0.1, 0.15) is 24.1 Å². The molecule has 1 aromatic rings. The van der Waals surface area contributed by atoms with Crippen molar-refractivity contribution in [2.75, 3.05) is 13.2 Å². The summed E-state index contributed by atoms with van der Waals surface area (Å²) in [4.78, 5) is 12.5. The van der Waals surface area contributed by atoms with Crippen LogP contribution in [0.4, 0.5) is 0 Å². The fraction of sp³-hybridized carbons (Fsp3) is 0.583. The third-order valence-corrected chi connectivity index (χ3v) is 3.48. The Morgan fingerprint density at radius 3 is 3.19 bits per heavy atom. The molecule has 2 heterocycles. The van der Waals surface area contributed by atoms with Crippen LogP contribution in [0.3, 0.4) is 0 Å². The number of thiophene rings is 1. The molecule has 1 unspecified atom stereocenters. The summed E-state index contributed by atoms with van der Waals surface area (Å²) in [7, 11) is 0. The van der Waals surface area contributed by atoms with Gasteiger partial charge < -0.3 is 9.47 Å². The summed E-state index contributed by atoms with van der Waals surface area (Å²) in [6.07, 6.45) is 3.80. The van der Waals surface area contributed by atoms with E-state index in [0.717, 1.165) is 24.3 Å². The standard InChI is InChI=1S/C12H16O3S/c13-12(8-11-5-3-7-16-11)15-9-10-4-1-2-6-14-10/h3,5,7,10H,1-2,4,6,8-9H2. The lowest BCUT2D eigenvalue weighted by Crippen LogP contribution is -2.26. The second kappa shape index (κ2) is 6.01. The molecule has 1 atom stereocenters. The minimum atomic E-state index is -0.156. The number of hydrogen-bond donors (Lipinski definition) is 0. The first-order valence-electron chi connectivity index (χ1n) is 5.64. The molecule has 1 aliphatic heterocycles. The van der Waals surface area contributed by atoms with Gasteiger partial charge in [-0.05, 0) is 30.7 Å². The molecule has 0 spiro atoms. The van der Waals surface area contributed by atoms with Crippen LogP contribution in [-0.2, 0) is 20.7 Å². The van der Waals surface area contributed by atoms with Gasteiger partial charge in [-0.15, -0.1) is 11.3 Å². The maximum atomic E-state index is 11.5. The van der Waals surface area contributed by atoms with Gasteiger partial charge in [0, 0.05) is 11.5 Å². The highest BCUT2D eigenvalue weighted by atomic mass is 32.1. The van der Waals surface area contributed by atoms with Crippen molar-refractivity contribution in [3.8, 4) is 0 Å². The summed E-state index contributed by atoms with van der Waals surface area (Å²) in [6, 6.07) is 3.89. The summed E-state index contributed by atoms with van der Waals surface area (Å²) < 4.78 is 10.7. The molecular formula is C12H16O3S. The first-order chi connectivity index (χ1) is 7.84. The molecule has 0 bridgehead atoms. The van der Waals surface area contributed by atoms with E-state index in [0.29, 0.717) is 13.0 Å². The number of hydrogen-bond acceptors (Lipinski definition) is 4. The molecule has 4 heteroatoms. The van der Waals surface area contributed by atoms with Crippen molar-refractivity contribution in [1.29, 1.82) is 0 Å². The molecule has 3 nitrogen and oxygen atoms in total. The van der Waals surface area contributed by atoms with Gasteiger partial charge >= 0.3 is 5.97 Å². The van der Waals surface area contributed by atoms with E-state index in [1.54, 1.807) is 11.3 Å². The zero-order valence-corrected chi connectivity index (χ0v) is 10.0. The average Bonchev–Trinajstić information content (AvgIpc) is 2.81.